The molecule has 2 aliphatic rings. The van der Waals surface area contributed by atoms with Gasteiger partial charge >= 0.3 is 0 Å². The number of thiophene rings is 1. The van der Waals surface area contributed by atoms with Crippen LogP contribution in [0.3, 0.4) is 0 Å². The number of rotatable bonds is 2. The average Bonchev–Trinajstić information content (AvgIpc) is 3.02. The molecule has 1 aliphatic heterocycles. The fourth-order valence-electron chi connectivity index (χ4n) is 3.80. The van der Waals surface area contributed by atoms with Crippen molar-refractivity contribution in [2.75, 3.05) is 0 Å². The van der Waals surface area contributed by atoms with E-state index in [2.05, 4.69) is 10.5 Å². The number of nitrogens with zero attached hydrogens (tertiary/aromatic N) is 3. The van der Waals surface area contributed by atoms with Gasteiger partial charge in [0.25, 0.3) is 5.66 Å². The van der Waals surface area contributed by atoms with Gasteiger partial charge in [-0.05, 0) is 56.8 Å². The Kier molecular flexibility index (Phi) is 4.84. The second-order valence-corrected chi connectivity index (χ2v) is 8.29. The summed E-state index contributed by atoms with van der Waals surface area (Å²) in [6.45, 7) is 3.70. The van der Waals surface area contributed by atoms with Gasteiger partial charge in [0.05, 0.1) is 4.88 Å². The van der Waals surface area contributed by atoms with Crippen molar-refractivity contribution in [1.29, 1.82) is 0 Å². The molecule has 3 rings (SSSR count). The normalized spacial score (nSPS) is 28.5. The Morgan fingerprint density at radius 3 is 2.88 bits per heavy atom. The standard InChI is InChI=1S/C16H23N5O2S2/c1-15(2)13(11-7-6-10-25-11)20(22)16(21(15)23)9-5-3-4-8-12(16)18-19-14(17)24/h6-7,10,23H,3-5,8-9H2,1-2H3,(H3,17,19,24)/b18-12-. The molecule has 0 amide bonds. The Hall–Kier alpha value is -1.55. The molecule has 4 N–H and O–H groups in total. The molecule has 1 aromatic heterocycles. The van der Waals surface area contributed by atoms with Crippen molar-refractivity contribution in [2.45, 2.75) is 57.2 Å². The van der Waals surface area contributed by atoms with Crippen molar-refractivity contribution in [3.8, 4) is 0 Å². The number of hydrazone groups is 1. The fourth-order valence-corrected chi connectivity index (χ4v) is 4.75. The van der Waals surface area contributed by atoms with Gasteiger partial charge in [-0.15, -0.1) is 16.4 Å². The Morgan fingerprint density at radius 2 is 2.24 bits per heavy atom. The van der Waals surface area contributed by atoms with E-state index >= 15 is 0 Å². The third-order valence-corrected chi connectivity index (χ3v) is 5.92. The zero-order chi connectivity index (χ0) is 18.2. The lowest BCUT2D eigenvalue weighted by atomic mass is 9.94. The van der Waals surface area contributed by atoms with Gasteiger partial charge in [0, 0.05) is 6.42 Å². The molecule has 1 unspecified atom stereocenters. The van der Waals surface area contributed by atoms with Crippen molar-refractivity contribution in [2.24, 2.45) is 10.8 Å². The minimum absolute atomic E-state index is 0.0357. The summed E-state index contributed by atoms with van der Waals surface area (Å²) in [6, 6.07) is 3.81. The van der Waals surface area contributed by atoms with Crippen molar-refractivity contribution >= 4 is 40.1 Å². The number of nitrogens with two attached hydrogens (primary N) is 1. The highest BCUT2D eigenvalue weighted by Gasteiger charge is 2.65. The topological polar surface area (TPSA) is 100.0 Å². The van der Waals surface area contributed by atoms with Crippen LogP contribution in [0, 0.1) is 5.21 Å². The van der Waals surface area contributed by atoms with Crippen molar-refractivity contribution in [1.82, 2.24) is 10.5 Å². The third-order valence-electron chi connectivity index (χ3n) is 4.96. The number of hydroxylamine groups is 3. The van der Waals surface area contributed by atoms with Crippen molar-refractivity contribution in [3.63, 3.8) is 0 Å². The summed E-state index contributed by atoms with van der Waals surface area (Å²) in [4.78, 5) is 0.849. The SMILES string of the molecule is CC1(C)C(c2cccs2)=[N+]([O-])C2(CCCCC/C2=N/NC(N)=S)N1O. The first kappa shape index (κ1) is 18.2. The monoisotopic (exact) mass is 381 g/mol. The molecule has 0 radical (unpaired) electrons. The maximum atomic E-state index is 13.5. The maximum absolute atomic E-state index is 13.5. The van der Waals surface area contributed by atoms with E-state index in [-0.39, 0.29) is 5.11 Å². The highest BCUT2D eigenvalue weighted by molar-refractivity contribution is 7.80. The number of nitrogens with one attached hydrogen (secondary N) is 1. The minimum atomic E-state index is -1.24. The van der Waals surface area contributed by atoms with Crippen LogP contribution in [0.25, 0.3) is 0 Å². The van der Waals surface area contributed by atoms with Gasteiger partial charge in [0.15, 0.2) is 5.11 Å². The summed E-state index contributed by atoms with van der Waals surface area (Å²) >= 11 is 6.33. The zero-order valence-electron chi connectivity index (χ0n) is 14.4. The first-order valence-corrected chi connectivity index (χ1v) is 9.61. The van der Waals surface area contributed by atoms with Gasteiger partial charge in [-0.25, -0.2) is 0 Å². The molecule has 136 valence electrons. The number of hydrogen-bond acceptors (Lipinski definition) is 6. The molecule has 1 saturated carbocycles. The van der Waals surface area contributed by atoms with Crippen LogP contribution in [0.4, 0.5) is 0 Å². The van der Waals surface area contributed by atoms with Gasteiger partial charge in [-0.3, -0.25) is 5.43 Å². The molecule has 1 aromatic rings. The molecule has 25 heavy (non-hydrogen) atoms. The van der Waals surface area contributed by atoms with E-state index in [1.165, 1.54) is 16.4 Å². The van der Waals surface area contributed by atoms with E-state index in [1.807, 2.05) is 31.4 Å². The number of thiocarbonyl (C=S) groups is 1. The van der Waals surface area contributed by atoms with Crippen LogP contribution < -0.4 is 11.2 Å². The van der Waals surface area contributed by atoms with Gasteiger partial charge in [-0.2, -0.15) is 9.84 Å². The predicted octanol–water partition coefficient (Wildman–Crippen LogP) is 2.38. The maximum Gasteiger partial charge on any atom is 0.292 e. The Balaban J connectivity index is 2.19. The number of hydrogen-bond donors (Lipinski definition) is 3. The van der Waals surface area contributed by atoms with E-state index in [0.29, 0.717) is 24.3 Å². The second kappa shape index (κ2) is 6.64. The summed E-state index contributed by atoms with van der Waals surface area (Å²) in [5.74, 6) is 0. The van der Waals surface area contributed by atoms with E-state index in [9.17, 15) is 10.4 Å². The van der Waals surface area contributed by atoms with Gasteiger partial charge in [0.2, 0.25) is 5.71 Å². The van der Waals surface area contributed by atoms with Crippen LogP contribution in [0.15, 0.2) is 22.6 Å². The molecule has 9 heteroatoms. The first-order valence-electron chi connectivity index (χ1n) is 8.32. The molecular formula is C16H23N5O2S2. The second-order valence-electron chi connectivity index (χ2n) is 6.90. The first-order chi connectivity index (χ1) is 11.8. The summed E-state index contributed by atoms with van der Waals surface area (Å²) in [5.41, 5.74) is 7.13. The summed E-state index contributed by atoms with van der Waals surface area (Å²) in [6.07, 6.45) is 3.79. The van der Waals surface area contributed by atoms with Crippen LogP contribution in [-0.4, -0.2) is 42.7 Å². The minimum Gasteiger partial charge on any atom is -0.622 e. The highest BCUT2D eigenvalue weighted by atomic mass is 32.1. The average molecular weight is 382 g/mol. The molecule has 1 spiro atoms. The lowest BCUT2D eigenvalue weighted by molar-refractivity contribution is -0.567. The van der Waals surface area contributed by atoms with Gasteiger partial charge in [-0.1, -0.05) is 12.5 Å². The van der Waals surface area contributed by atoms with E-state index < -0.39 is 11.2 Å². The zero-order valence-corrected chi connectivity index (χ0v) is 16.0. The lowest BCUT2D eigenvalue weighted by Crippen LogP contribution is -2.59. The largest absolute Gasteiger partial charge is 0.622 e. The third kappa shape index (κ3) is 2.84. The molecule has 2 heterocycles. The molecule has 0 saturated heterocycles. The Bertz CT molecular complexity index is 729. The van der Waals surface area contributed by atoms with Crippen LogP contribution >= 0.6 is 23.6 Å². The summed E-state index contributed by atoms with van der Waals surface area (Å²) in [7, 11) is 0. The smallest absolute Gasteiger partial charge is 0.292 e. The molecule has 7 nitrogen and oxygen atoms in total. The predicted molar refractivity (Wildman–Crippen MR) is 103 cm³/mol. The summed E-state index contributed by atoms with van der Waals surface area (Å²) in [5, 5.41) is 32.1. The van der Waals surface area contributed by atoms with E-state index in [4.69, 9.17) is 18.0 Å². The Morgan fingerprint density at radius 1 is 1.48 bits per heavy atom. The van der Waals surface area contributed by atoms with Gasteiger partial charge < -0.3 is 16.1 Å². The van der Waals surface area contributed by atoms with Crippen LogP contribution in [0.2, 0.25) is 0 Å². The molecule has 1 aliphatic carbocycles. The van der Waals surface area contributed by atoms with E-state index in [1.54, 1.807) is 0 Å². The molecule has 0 aromatic carbocycles. The molecule has 0 bridgehead atoms. The molecular weight excluding hydrogens is 358 g/mol. The lowest BCUT2D eigenvalue weighted by Gasteiger charge is -2.35. The van der Waals surface area contributed by atoms with Crippen molar-refractivity contribution < 1.29 is 9.95 Å². The molecule has 1 fully saturated rings. The highest BCUT2D eigenvalue weighted by Crippen LogP contribution is 2.42. The van der Waals surface area contributed by atoms with Crippen LogP contribution in [0.1, 0.15) is 50.8 Å². The quantitative estimate of drug-likeness (QED) is 0.315. The van der Waals surface area contributed by atoms with Crippen molar-refractivity contribution in [3.05, 3.63) is 27.6 Å². The summed E-state index contributed by atoms with van der Waals surface area (Å²) < 4.78 is 0.949. The fraction of sp³-hybridized carbons (Fsp3) is 0.562. The van der Waals surface area contributed by atoms with Crippen LogP contribution in [-0.2, 0) is 0 Å². The Labute approximate surface area is 156 Å². The van der Waals surface area contributed by atoms with E-state index in [0.717, 1.165) is 28.9 Å². The van der Waals surface area contributed by atoms with Crippen LogP contribution in [0.5, 0.6) is 0 Å². The van der Waals surface area contributed by atoms with Gasteiger partial charge in [0.1, 0.15) is 11.3 Å². The molecule has 1 atom stereocenters.